The highest BCUT2D eigenvalue weighted by Gasteiger charge is 2.29. The first-order valence-corrected chi connectivity index (χ1v) is 7.00. The van der Waals surface area contributed by atoms with Gasteiger partial charge in [-0.15, -0.1) is 6.58 Å². The predicted molar refractivity (Wildman–Crippen MR) is 72.2 cm³/mol. The van der Waals surface area contributed by atoms with Gasteiger partial charge in [0.15, 0.2) is 0 Å². The number of rotatable bonds is 8. The maximum absolute atomic E-state index is 5.66. The lowest BCUT2D eigenvalue weighted by atomic mass is 10.2. The van der Waals surface area contributed by atoms with Gasteiger partial charge < -0.3 is 9.73 Å². The quantitative estimate of drug-likeness (QED) is 0.715. The van der Waals surface area contributed by atoms with Crippen LogP contribution in [0.2, 0.25) is 0 Å². The highest BCUT2D eigenvalue weighted by atomic mass is 16.3. The van der Waals surface area contributed by atoms with Crippen molar-refractivity contribution in [2.75, 3.05) is 6.54 Å². The highest BCUT2D eigenvalue weighted by molar-refractivity contribution is 5.17. The summed E-state index contributed by atoms with van der Waals surface area (Å²) < 4.78 is 5.66. The second-order valence-electron chi connectivity index (χ2n) is 5.47. The lowest BCUT2D eigenvalue weighted by Crippen LogP contribution is -2.26. The van der Waals surface area contributed by atoms with E-state index in [1.54, 1.807) is 0 Å². The van der Waals surface area contributed by atoms with Crippen molar-refractivity contribution in [2.45, 2.75) is 50.9 Å². The molecular formula is C15H22N2O. The van der Waals surface area contributed by atoms with E-state index in [0.717, 1.165) is 37.5 Å². The van der Waals surface area contributed by atoms with Crippen molar-refractivity contribution in [3.05, 3.63) is 36.3 Å². The van der Waals surface area contributed by atoms with Crippen molar-refractivity contribution in [2.24, 2.45) is 0 Å². The monoisotopic (exact) mass is 246 g/mol. The molecular weight excluding hydrogens is 224 g/mol. The van der Waals surface area contributed by atoms with Crippen molar-refractivity contribution in [3.63, 3.8) is 0 Å². The Labute approximate surface area is 109 Å². The van der Waals surface area contributed by atoms with Crippen LogP contribution >= 0.6 is 0 Å². The molecule has 1 aromatic rings. The van der Waals surface area contributed by atoms with E-state index in [-0.39, 0.29) is 0 Å². The van der Waals surface area contributed by atoms with E-state index in [1.165, 1.54) is 31.2 Å². The molecule has 1 aromatic heterocycles. The maximum Gasteiger partial charge on any atom is 0.122 e. The Kier molecular flexibility index (Phi) is 3.52. The number of hydrogen-bond acceptors (Lipinski definition) is 3. The van der Waals surface area contributed by atoms with Gasteiger partial charge in [0.25, 0.3) is 0 Å². The van der Waals surface area contributed by atoms with Gasteiger partial charge in [-0.25, -0.2) is 0 Å². The molecule has 3 rings (SSSR count). The molecule has 0 bridgehead atoms. The molecule has 2 aliphatic rings. The van der Waals surface area contributed by atoms with Gasteiger partial charge in [-0.1, -0.05) is 6.08 Å². The fraction of sp³-hybridized carbons (Fsp3) is 0.600. The number of nitrogens with one attached hydrogen (secondary N) is 1. The van der Waals surface area contributed by atoms with Gasteiger partial charge in [0.2, 0.25) is 0 Å². The Hall–Kier alpha value is -1.06. The zero-order chi connectivity index (χ0) is 12.4. The summed E-state index contributed by atoms with van der Waals surface area (Å²) in [5.41, 5.74) is 1.32. The minimum atomic E-state index is 0.748. The average molecular weight is 246 g/mol. The summed E-state index contributed by atoms with van der Waals surface area (Å²) in [4.78, 5) is 2.46. The molecule has 0 spiro atoms. The van der Waals surface area contributed by atoms with Crippen molar-refractivity contribution in [3.8, 4) is 0 Å². The zero-order valence-corrected chi connectivity index (χ0v) is 10.9. The average Bonchev–Trinajstić information content (AvgIpc) is 3.27. The molecule has 18 heavy (non-hydrogen) atoms. The van der Waals surface area contributed by atoms with E-state index < -0.39 is 0 Å². The first kappa shape index (κ1) is 12.0. The molecule has 1 N–H and O–H groups in total. The molecule has 0 radical (unpaired) electrons. The van der Waals surface area contributed by atoms with Gasteiger partial charge >= 0.3 is 0 Å². The lowest BCUT2D eigenvalue weighted by Gasteiger charge is -2.19. The van der Waals surface area contributed by atoms with Crippen LogP contribution in [0.15, 0.2) is 29.4 Å². The van der Waals surface area contributed by atoms with Crippen LogP contribution in [-0.2, 0) is 13.1 Å². The fourth-order valence-corrected chi connectivity index (χ4v) is 2.34. The summed E-state index contributed by atoms with van der Waals surface area (Å²) in [6, 6.07) is 3.60. The zero-order valence-electron chi connectivity index (χ0n) is 10.9. The van der Waals surface area contributed by atoms with Crippen LogP contribution in [0.5, 0.6) is 0 Å². The van der Waals surface area contributed by atoms with Gasteiger partial charge in [-0.05, 0) is 31.7 Å². The van der Waals surface area contributed by atoms with E-state index in [2.05, 4.69) is 22.9 Å². The van der Waals surface area contributed by atoms with Gasteiger partial charge in [-0.2, -0.15) is 0 Å². The third-order valence-corrected chi connectivity index (χ3v) is 3.77. The Bertz CT molecular complexity index is 404. The Morgan fingerprint density at radius 2 is 2.22 bits per heavy atom. The number of nitrogens with zero attached hydrogens (tertiary/aromatic N) is 1. The highest BCUT2D eigenvalue weighted by Crippen LogP contribution is 2.29. The minimum Gasteiger partial charge on any atom is -0.468 e. The first-order chi connectivity index (χ1) is 8.86. The number of furan rings is 1. The smallest absolute Gasteiger partial charge is 0.122 e. The third-order valence-electron chi connectivity index (χ3n) is 3.77. The second kappa shape index (κ2) is 5.29. The normalized spacial score (nSPS) is 19.4. The summed E-state index contributed by atoms with van der Waals surface area (Å²) >= 11 is 0. The summed E-state index contributed by atoms with van der Waals surface area (Å²) in [6.45, 7) is 6.67. The van der Waals surface area contributed by atoms with Crippen molar-refractivity contribution in [1.29, 1.82) is 0 Å². The molecule has 0 amide bonds. The van der Waals surface area contributed by atoms with E-state index in [0.29, 0.717) is 0 Å². The largest absolute Gasteiger partial charge is 0.468 e. The van der Waals surface area contributed by atoms with Crippen molar-refractivity contribution >= 4 is 0 Å². The molecule has 3 nitrogen and oxygen atoms in total. The van der Waals surface area contributed by atoms with Crippen molar-refractivity contribution in [1.82, 2.24) is 10.2 Å². The Balaban J connectivity index is 1.59. The number of hydrogen-bond donors (Lipinski definition) is 1. The molecule has 3 heteroatoms. The van der Waals surface area contributed by atoms with Crippen molar-refractivity contribution < 1.29 is 4.42 Å². The minimum absolute atomic E-state index is 0.748. The lowest BCUT2D eigenvalue weighted by molar-refractivity contribution is 0.257. The van der Waals surface area contributed by atoms with Gasteiger partial charge in [0.1, 0.15) is 5.76 Å². The predicted octanol–water partition coefficient (Wildman–Crippen LogP) is 2.68. The third kappa shape index (κ3) is 3.03. The van der Waals surface area contributed by atoms with Gasteiger partial charge in [-0.3, -0.25) is 4.90 Å². The second-order valence-corrected chi connectivity index (χ2v) is 5.47. The molecule has 2 saturated carbocycles. The molecule has 2 aliphatic carbocycles. The molecule has 0 unspecified atom stereocenters. The van der Waals surface area contributed by atoms with Gasteiger partial charge in [0, 0.05) is 30.7 Å². The van der Waals surface area contributed by atoms with E-state index in [1.807, 2.05) is 12.3 Å². The summed E-state index contributed by atoms with van der Waals surface area (Å²) in [7, 11) is 0. The molecule has 0 atom stereocenters. The van der Waals surface area contributed by atoms with Crippen LogP contribution in [0, 0.1) is 0 Å². The van der Waals surface area contributed by atoms with Crippen LogP contribution in [0.4, 0.5) is 0 Å². The summed E-state index contributed by atoms with van der Waals surface area (Å²) in [5.74, 6) is 1.12. The van der Waals surface area contributed by atoms with E-state index in [4.69, 9.17) is 4.42 Å². The van der Waals surface area contributed by atoms with Crippen LogP contribution < -0.4 is 5.32 Å². The SMILES string of the molecule is C=CCN(Cc1occc1CNC1CC1)C1CC1. The summed E-state index contributed by atoms with van der Waals surface area (Å²) in [5, 5.41) is 3.55. The maximum atomic E-state index is 5.66. The van der Waals surface area contributed by atoms with Crippen LogP contribution in [0.25, 0.3) is 0 Å². The molecule has 98 valence electrons. The molecule has 1 heterocycles. The fourth-order valence-electron chi connectivity index (χ4n) is 2.34. The first-order valence-electron chi connectivity index (χ1n) is 7.00. The molecule has 0 aromatic carbocycles. The van der Waals surface area contributed by atoms with E-state index >= 15 is 0 Å². The summed E-state index contributed by atoms with van der Waals surface area (Å²) in [6.07, 6.45) is 9.12. The topological polar surface area (TPSA) is 28.4 Å². The van der Waals surface area contributed by atoms with Crippen LogP contribution in [0.1, 0.15) is 37.0 Å². The Morgan fingerprint density at radius 3 is 2.89 bits per heavy atom. The molecule has 0 saturated heterocycles. The Morgan fingerprint density at radius 1 is 1.39 bits per heavy atom. The van der Waals surface area contributed by atoms with Crippen LogP contribution in [-0.4, -0.2) is 23.5 Å². The standard InChI is InChI=1S/C15H22N2O/c1-2-8-17(14-5-6-14)11-15-12(7-9-18-15)10-16-13-3-4-13/h2,7,9,13-14,16H,1,3-6,8,10-11H2. The molecule has 0 aliphatic heterocycles. The van der Waals surface area contributed by atoms with Gasteiger partial charge in [0.05, 0.1) is 12.8 Å². The van der Waals surface area contributed by atoms with Crippen LogP contribution in [0.3, 0.4) is 0 Å². The van der Waals surface area contributed by atoms with E-state index in [9.17, 15) is 0 Å². The molecule has 2 fully saturated rings.